The number of hydrogen-bond donors (Lipinski definition) is 3. The molecule has 0 radical (unpaired) electrons. The maximum atomic E-state index is 14.1. The Morgan fingerprint density at radius 2 is 2.07 bits per heavy atom. The average molecular weight is 561 g/mol. The zero-order valence-corrected chi connectivity index (χ0v) is 23.3. The van der Waals surface area contributed by atoms with Gasteiger partial charge in [-0.1, -0.05) is 24.0 Å². The smallest absolute Gasteiger partial charge is 0.259 e. The van der Waals surface area contributed by atoms with Crippen molar-refractivity contribution in [3.63, 3.8) is 0 Å². The summed E-state index contributed by atoms with van der Waals surface area (Å²) in [6, 6.07) is 8.73. The van der Waals surface area contributed by atoms with Crippen LogP contribution in [0.15, 0.2) is 66.2 Å². The maximum Gasteiger partial charge on any atom is 0.259 e. The summed E-state index contributed by atoms with van der Waals surface area (Å²) in [7, 11) is 1.82. The van der Waals surface area contributed by atoms with Gasteiger partial charge in [0.25, 0.3) is 11.5 Å². The Labute approximate surface area is 240 Å². The van der Waals surface area contributed by atoms with Crippen LogP contribution in [-0.4, -0.2) is 44.8 Å². The van der Waals surface area contributed by atoms with Gasteiger partial charge in [-0.2, -0.15) is 5.10 Å². The second-order valence-corrected chi connectivity index (χ2v) is 10.1. The number of aryl methyl sites for hydroxylation is 3. The number of nitrogens with one attached hydrogen (secondary N) is 2. The van der Waals surface area contributed by atoms with Gasteiger partial charge in [0.1, 0.15) is 5.56 Å². The molecule has 12 nitrogen and oxygen atoms in total. The van der Waals surface area contributed by atoms with Crippen LogP contribution < -0.4 is 16.6 Å². The number of amides is 1. The zero-order chi connectivity index (χ0) is 29.4. The van der Waals surface area contributed by atoms with E-state index in [0.717, 1.165) is 22.3 Å². The number of anilines is 1. The molecule has 6 rings (SSSR count). The first-order valence-corrected chi connectivity index (χ1v) is 13.3. The Balaban J connectivity index is 1.42. The lowest BCUT2D eigenvalue weighted by Crippen LogP contribution is -2.33. The fraction of sp³-hybridized carbons (Fsp3) is 0.200. The van der Waals surface area contributed by atoms with Gasteiger partial charge in [-0.05, 0) is 37.4 Å². The van der Waals surface area contributed by atoms with Crippen molar-refractivity contribution >= 4 is 28.1 Å². The van der Waals surface area contributed by atoms with Crippen molar-refractivity contribution in [2.24, 2.45) is 7.05 Å². The number of carbonyl (C=O) groups is 1. The van der Waals surface area contributed by atoms with Gasteiger partial charge in [-0.15, -0.1) is 5.10 Å². The van der Waals surface area contributed by atoms with Crippen molar-refractivity contribution in [3.8, 4) is 11.8 Å². The minimum absolute atomic E-state index is 0.0739. The first-order chi connectivity index (χ1) is 20.3. The first-order valence-electron chi connectivity index (χ1n) is 13.3. The van der Waals surface area contributed by atoms with Crippen LogP contribution in [0, 0.1) is 18.8 Å². The summed E-state index contributed by atoms with van der Waals surface area (Å²) in [5.74, 6) is 5.89. The summed E-state index contributed by atoms with van der Waals surface area (Å²) in [5.41, 5.74) is 10.1. The summed E-state index contributed by atoms with van der Waals surface area (Å²) in [6.45, 7) is 4.02. The van der Waals surface area contributed by atoms with Gasteiger partial charge in [0.05, 0.1) is 29.5 Å². The number of nitrogen functional groups attached to an aromatic ring is 1. The number of nitrogens with zero attached hydrogens (tertiary/aromatic N) is 7. The van der Waals surface area contributed by atoms with Crippen LogP contribution >= 0.6 is 0 Å². The van der Waals surface area contributed by atoms with Crippen molar-refractivity contribution in [2.45, 2.75) is 32.9 Å². The predicted octanol–water partition coefficient (Wildman–Crippen LogP) is 2.52. The molecule has 0 spiro atoms. The SMILES string of the molecule is Cc1ccn2nc(N)c(C(=O)N[C@@H](C)c3cc4cccc(C#Cc5cnn(C)c5)c4c(=O)n3CCc3cnc[nH]3)c2n1. The topological polar surface area (TPSA) is 154 Å². The number of H-pyrrole nitrogens is 1. The lowest BCUT2D eigenvalue weighted by molar-refractivity contribution is 0.0940. The first kappa shape index (κ1) is 26.5. The van der Waals surface area contributed by atoms with E-state index in [1.807, 2.05) is 51.4 Å². The number of aromatic nitrogens is 8. The Hall–Kier alpha value is -5.70. The number of hydrogen-bond acceptors (Lipinski definition) is 7. The summed E-state index contributed by atoms with van der Waals surface area (Å²) < 4.78 is 4.84. The van der Waals surface area contributed by atoms with Crippen LogP contribution in [0.5, 0.6) is 0 Å². The van der Waals surface area contributed by atoms with E-state index in [0.29, 0.717) is 35.3 Å². The second-order valence-electron chi connectivity index (χ2n) is 10.1. The molecule has 0 unspecified atom stereocenters. The van der Waals surface area contributed by atoms with Crippen LogP contribution in [0.2, 0.25) is 0 Å². The molecule has 210 valence electrons. The molecule has 0 aliphatic carbocycles. The number of rotatable bonds is 6. The number of benzene rings is 1. The molecule has 0 saturated heterocycles. The molecule has 5 heterocycles. The fourth-order valence-corrected chi connectivity index (χ4v) is 4.99. The number of nitrogens with two attached hydrogens (primary N) is 1. The average Bonchev–Trinajstić information content (AvgIpc) is 3.70. The molecule has 1 amide bonds. The zero-order valence-electron chi connectivity index (χ0n) is 23.3. The lowest BCUT2D eigenvalue weighted by Gasteiger charge is -2.21. The van der Waals surface area contributed by atoms with Crippen molar-refractivity contribution < 1.29 is 4.79 Å². The van der Waals surface area contributed by atoms with Gasteiger partial charge in [-0.25, -0.2) is 14.5 Å². The van der Waals surface area contributed by atoms with Crippen molar-refractivity contribution in [3.05, 3.63) is 106 Å². The number of imidazole rings is 1. The maximum absolute atomic E-state index is 14.1. The van der Waals surface area contributed by atoms with E-state index >= 15 is 0 Å². The van der Waals surface area contributed by atoms with Gasteiger partial charge >= 0.3 is 0 Å². The van der Waals surface area contributed by atoms with Crippen molar-refractivity contribution in [2.75, 3.05) is 5.73 Å². The molecule has 0 bridgehead atoms. The third kappa shape index (κ3) is 4.99. The molecule has 0 fully saturated rings. The van der Waals surface area contributed by atoms with Gasteiger partial charge in [-0.3, -0.25) is 14.3 Å². The number of fused-ring (bicyclic) bond motifs is 2. The minimum atomic E-state index is -0.555. The number of pyridine rings is 1. The molecule has 12 heteroatoms. The molecule has 42 heavy (non-hydrogen) atoms. The monoisotopic (exact) mass is 560 g/mol. The molecule has 0 saturated carbocycles. The molecular formula is C30H28N10O2. The van der Waals surface area contributed by atoms with Crippen molar-refractivity contribution in [1.29, 1.82) is 0 Å². The predicted molar refractivity (Wildman–Crippen MR) is 158 cm³/mol. The highest BCUT2D eigenvalue weighted by Crippen LogP contribution is 2.23. The van der Waals surface area contributed by atoms with E-state index in [1.165, 1.54) is 4.52 Å². The normalized spacial score (nSPS) is 11.9. The summed E-state index contributed by atoms with van der Waals surface area (Å²) in [6.07, 6.45) is 9.06. The molecule has 4 N–H and O–H groups in total. The van der Waals surface area contributed by atoms with Crippen LogP contribution in [-0.2, 0) is 20.0 Å². The number of aromatic amines is 1. The van der Waals surface area contributed by atoms with Crippen LogP contribution in [0.4, 0.5) is 5.82 Å². The molecule has 1 atom stereocenters. The Bertz CT molecular complexity index is 2070. The highest BCUT2D eigenvalue weighted by atomic mass is 16.2. The van der Waals surface area contributed by atoms with E-state index in [4.69, 9.17) is 5.73 Å². The minimum Gasteiger partial charge on any atom is -0.381 e. The van der Waals surface area contributed by atoms with E-state index in [-0.39, 0.29) is 16.9 Å². The Morgan fingerprint density at radius 1 is 1.21 bits per heavy atom. The van der Waals surface area contributed by atoms with Gasteiger partial charge < -0.3 is 20.6 Å². The molecular weight excluding hydrogens is 532 g/mol. The van der Waals surface area contributed by atoms with Crippen LogP contribution in [0.25, 0.3) is 16.4 Å². The third-order valence-electron chi connectivity index (χ3n) is 7.05. The number of carbonyl (C=O) groups excluding carboxylic acids is 1. The molecule has 5 aromatic heterocycles. The van der Waals surface area contributed by atoms with Crippen LogP contribution in [0.3, 0.4) is 0 Å². The highest BCUT2D eigenvalue weighted by Gasteiger charge is 2.23. The highest BCUT2D eigenvalue weighted by molar-refractivity contribution is 6.04. The standard InChI is InChI=1S/C30H28N10O2/c1-18-9-12-40-28(35-18)26(27(31)37-40)29(41)36-19(2)24-13-22-6-4-5-21(8-7-20-14-34-38(3)16-20)25(22)30(42)39(24)11-10-23-15-32-17-33-23/h4-6,9,12-17,19H,10-11H2,1-3H3,(H2,31,37)(H,32,33)(H,36,41)/t19-/m0/s1. The van der Waals surface area contributed by atoms with E-state index < -0.39 is 11.9 Å². The molecule has 6 aromatic rings. The molecule has 0 aliphatic heterocycles. The Morgan fingerprint density at radius 3 is 2.83 bits per heavy atom. The molecule has 0 aliphatic rings. The summed E-state index contributed by atoms with van der Waals surface area (Å²) in [5, 5.41) is 12.6. The summed E-state index contributed by atoms with van der Waals surface area (Å²) in [4.78, 5) is 39.3. The van der Waals surface area contributed by atoms with Crippen molar-refractivity contribution in [1.82, 2.24) is 44.2 Å². The third-order valence-corrected chi connectivity index (χ3v) is 7.05. The lowest BCUT2D eigenvalue weighted by atomic mass is 10.0. The van der Waals surface area contributed by atoms with Crippen LogP contribution in [0.1, 0.15) is 51.5 Å². The fourth-order valence-electron chi connectivity index (χ4n) is 4.99. The Kier molecular flexibility index (Phi) is 6.76. The van der Waals surface area contributed by atoms with E-state index in [1.54, 1.807) is 40.2 Å². The van der Waals surface area contributed by atoms with E-state index in [9.17, 15) is 9.59 Å². The summed E-state index contributed by atoms with van der Waals surface area (Å²) >= 11 is 0. The van der Waals surface area contributed by atoms with Gasteiger partial charge in [0.2, 0.25) is 0 Å². The second kappa shape index (κ2) is 10.7. The van der Waals surface area contributed by atoms with E-state index in [2.05, 4.69) is 42.3 Å². The van der Waals surface area contributed by atoms with Gasteiger partial charge in [0.15, 0.2) is 11.5 Å². The molecule has 1 aromatic carbocycles. The van der Waals surface area contributed by atoms with Gasteiger partial charge in [0, 0.05) is 61.2 Å². The largest absolute Gasteiger partial charge is 0.381 e. The quantitative estimate of drug-likeness (QED) is 0.265.